The number of benzene rings is 2. The minimum Gasteiger partial charge on any atom is -0.508 e. The molecular weight excluding hydrogens is 266 g/mol. The van der Waals surface area contributed by atoms with E-state index in [9.17, 15) is 5.11 Å². The fraction of sp³-hybridized carbons (Fsp3) is 0.125. The molecular formula is C16H15N3O2. The van der Waals surface area contributed by atoms with Gasteiger partial charge in [0, 0.05) is 17.8 Å². The van der Waals surface area contributed by atoms with E-state index in [0.717, 1.165) is 16.8 Å². The lowest BCUT2D eigenvalue weighted by atomic mass is 10.1. The number of nitrogens with zero attached hydrogens (tertiary/aromatic N) is 2. The second kappa shape index (κ2) is 5.66. The molecule has 0 fully saturated rings. The summed E-state index contributed by atoms with van der Waals surface area (Å²) >= 11 is 0. The number of rotatable bonds is 4. The van der Waals surface area contributed by atoms with E-state index in [2.05, 4.69) is 15.5 Å². The third-order valence-corrected chi connectivity index (χ3v) is 3.15. The first-order valence-electron chi connectivity index (χ1n) is 6.64. The fourth-order valence-electron chi connectivity index (χ4n) is 2.08. The molecule has 106 valence electrons. The molecule has 0 saturated heterocycles. The Labute approximate surface area is 122 Å². The summed E-state index contributed by atoms with van der Waals surface area (Å²) < 4.78 is 5.22. The number of phenols is 1. The number of aryl methyl sites for hydroxylation is 1. The van der Waals surface area contributed by atoms with Gasteiger partial charge in [0.15, 0.2) is 5.82 Å². The van der Waals surface area contributed by atoms with E-state index in [1.165, 1.54) is 0 Å². The predicted octanol–water partition coefficient (Wildman–Crippen LogP) is 3.36. The molecule has 5 nitrogen and oxygen atoms in total. The molecule has 1 heterocycles. The summed E-state index contributed by atoms with van der Waals surface area (Å²) in [4.78, 5) is 4.25. The monoisotopic (exact) mass is 281 g/mol. The van der Waals surface area contributed by atoms with Crippen molar-refractivity contribution in [3.8, 4) is 17.2 Å². The van der Waals surface area contributed by atoms with E-state index in [0.29, 0.717) is 18.3 Å². The molecule has 0 aliphatic carbocycles. The highest BCUT2D eigenvalue weighted by Crippen LogP contribution is 2.27. The summed E-state index contributed by atoms with van der Waals surface area (Å²) in [6.07, 6.45) is 0. The second-order valence-electron chi connectivity index (χ2n) is 4.67. The first-order chi connectivity index (χ1) is 10.2. The number of para-hydroxylation sites is 2. The van der Waals surface area contributed by atoms with Crippen LogP contribution in [0.25, 0.3) is 11.5 Å². The van der Waals surface area contributed by atoms with Crippen LogP contribution in [0.15, 0.2) is 53.1 Å². The summed E-state index contributed by atoms with van der Waals surface area (Å²) in [6, 6.07) is 14.9. The van der Waals surface area contributed by atoms with Gasteiger partial charge in [0.05, 0.1) is 5.56 Å². The Bertz CT molecular complexity index is 753. The van der Waals surface area contributed by atoms with Gasteiger partial charge in [-0.1, -0.05) is 35.5 Å². The predicted molar refractivity (Wildman–Crippen MR) is 79.9 cm³/mol. The third-order valence-electron chi connectivity index (χ3n) is 3.15. The Balaban J connectivity index is 1.85. The molecule has 0 unspecified atom stereocenters. The Hall–Kier alpha value is -2.82. The van der Waals surface area contributed by atoms with Gasteiger partial charge in [0.2, 0.25) is 0 Å². The van der Waals surface area contributed by atoms with E-state index in [4.69, 9.17) is 4.52 Å². The molecule has 0 amide bonds. The molecule has 21 heavy (non-hydrogen) atoms. The molecule has 0 aliphatic heterocycles. The highest BCUT2D eigenvalue weighted by Gasteiger charge is 2.11. The van der Waals surface area contributed by atoms with Crippen LogP contribution in [-0.2, 0) is 6.54 Å². The van der Waals surface area contributed by atoms with Crippen molar-refractivity contribution in [1.82, 2.24) is 10.1 Å². The van der Waals surface area contributed by atoms with Crippen molar-refractivity contribution in [3.63, 3.8) is 0 Å². The molecule has 0 aliphatic rings. The maximum atomic E-state index is 9.80. The Kier molecular flexibility index (Phi) is 3.55. The van der Waals surface area contributed by atoms with Crippen LogP contribution >= 0.6 is 0 Å². The number of hydrogen-bond donors (Lipinski definition) is 2. The lowest BCUT2D eigenvalue weighted by Crippen LogP contribution is -2.01. The van der Waals surface area contributed by atoms with Gasteiger partial charge >= 0.3 is 0 Å². The summed E-state index contributed by atoms with van der Waals surface area (Å²) in [6.45, 7) is 2.29. The summed E-state index contributed by atoms with van der Waals surface area (Å²) in [5.74, 6) is 1.35. The molecule has 3 aromatic rings. The number of nitrogens with one attached hydrogen (secondary N) is 1. The average molecular weight is 281 g/mol. The zero-order valence-corrected chi connectivity index (χ0v) is 11.6. The summed E-state index contributed by atoms with van der Waals surface area (Å²) in [5.41, 5.74) is 2.55. The zero-order chi connectivity index (χ0) is 14.7. The highest BCUT2D eigenvalue weighted by molar-refractivity contribution is 5.72. The van der Waals surface area contributed by atoms with E-state index < -0.39 is 0 Å². The van der Waals surface area contributed by atoms with Crippen LogP contribution < -0.4 is 5.32 Å². The smallest absolute Gasteiger partial charge is 0.260 e. The fourth-order valence-corrected chi connectivity index (χ4v) is 2.08. The van der Waals surface area contributed by atoms with Gasteiger partial charge in [-0.25, -0.2) is 0 Å². The van der Waals surface area contributed by atoms with Gasteiger partial charge in [0.25, 0.3) is 5.89 Å². The largest absolute Gasteiger partial charge is 0.508 e. The quantitative estimate of drug-likeness (QED) is 0.767. The van der Waals surface area contributed by atoms with Crippen molar-refractivity contribution in [3.05, 3.63) is 59.9 Å². The van der Waals surface area contributed by atoms with Crippen molar-refractivity contribution >= 4 is 5.69 Å². The van der Waals surface area contributed by atoms with Crippen LogP contribution in [0.4, 0.5) is 5.69 Å². The van der Waals surface area contributed by atoms with Crippen molar-refractivity contribution in [2.45, 2.75) is 13.5 Å². The van der Waals surface area contributed by atoms with Crippen LogP contribution in [-0.4, -0.2) is 15.2 Å². The van der Waals surface area contributed by atoms with Crippen LogP contribution in [0.3, 0.4) is 0 Å². The van der Waals surface area contributed by atoms with Crippen LogP contribution in [0.1, 0.15) is 11.4 Å². The summed E-state index contributed by atoms with van der Waals surface area (Å²) in [5, 5.41) is 16.9. The van der Waals surface area contributed by atoms with Gasteiger partial charge in [-0.15, -0.1) is 0 Å². The molecule has 0 spiro atoms. The number of anilines is 1. The molecule has 2 aromatic carbocycles. The highest BCUT2D eigenvalue weighted by atomic mass is 16.5. The SMILES string of the molecule is Cc1noc(-c2ccccc2NCc2ccccc2O)n1. The molecule has 3 rings (SSSR count). The van der Waals surface area contributed by atoms with Crippen molar-refractivity contribution in [2.24, 2.45) is 0 Å². The van der Waals surface area contributed by atoms with Crippen LogP contribution in [0.5, 0.6) is 5.75 Å². The Morgan fingerprint density at radius 2 is 1.86 bits per heavy atom. The second-order valence-corrected chi connectivity index (χ2v) is 4.67. The average Bonchev–Trinajstić information content (AvgIpc) is 2.93. The maximum Gasteiger partial charge on any atom is 0.260 e. The van der Waals surface area contributed by atoms with E-state index in [-0.39, 0.29) is 5.75 Å². The minimum atomic E-state index is 0.274. The van der Waals surface area contributed by atoms with E-state index in [1.807, 2.05) is 36.4 Å². The Morgan fingerprint density at radius 3 is 2.62 bits per heavy atom. The van der Waals surface area contributed by atoms with E-state index >= 15 is 0 Å². The number of phenolic OH excluding ortho intramolecular Hbond substituents is 1. The molecule has 0 radical (unpaired) electrons. The molecule has 1 aromatic heterocycles. The van der Waals surface area contributed by atoms with Crippen molar-refractivity contribution in [1.29, 1.82) is 0 Å². The zero-order valence-electron chi connectivity index (χ0n) is 11.6. The van der Waals surface area contributed by atoms with E-state index in [1.54, 1.807) is 19.1 Å². The molecule has 5 heteroatoms. The van der Waals surface area contributed by atoms with Gasteiger partial charge < -0.3 is 14.9 Å². The molecule has 0 saturated carbocycles. The number of aromatic nitrogens is 2. The summed E-state index contributed by atoms with van der Waals surface area (Å²) in [7, 11) is 0. The first kappa shape index (κ1) is 13.2. The van der Waals surface area contributed by atoms with Crippen LogP contribution in [0, 0.1) is 6.92 Å². The van der Waals surface area contributed by atoms with Crippen molar-refractivity contribution < 1.29 is 9.63 Å². The lowest BCUT2D eigenvalue weighted by molar-refractivity contribution is 0.426. The lowest BCUT2D eigenvalue weighted by Gasteiger charge is -2.10. The topological polar surface area (TPSA) is 71.2 Å². The molecule has 2 N–H and O–H groups in total. The minimum absolute atomic E-state index is 0.274. The molecule has 0 atom stereocenters. The first-order valence-corrected chi connectivity index (χ1v) is 6.64. The number of hydrogen-bond acceptors (Lipinski definition) is 5. The third kappa shape index (κ3) is 2.86. The van der Waals surface area contributed by atoms with Crippen molar-refractivity contribution in [2.75, 3.05) is 5.32 Å². The maximum absolute atomic E-state index is 9.80. The van der Waals surface area contributed by atoms with Crippen LogP contribution in [0.2, 0.25) is 0 Å². The normalized spacial score (nSPS) is 10.5. The Morgan fingerprint density at radius 1 is 1.10 bits per heavy atom. The van der Waals surface area contributed by atoms with Gasteiger partial charge in [-0.05, 0) is 25.1 Å². The van der Waals surface area contributed by atoms with Gasteiger partial charge in [-0.2, -0.15) is 4.98 Å². The number of aromatic hydroxyl groups is 1. The van der Waals surface area contributed by atoms with Gasteiger partial charge in [-0.3, -0.25) is 0 Å². The standard InChI is InChI=1S/C16H15N3O2/c1-11-18-16(21-19-11)13-7-3-4-8-14(13)17-10-12-6-2-5-9-15(12)20/h2-9,17,20H,10H2,1H3. The van der Waals surface area contributed by atoms with Gasteiger partial charge in [0.1, 0.15) is 5.75 Å². The molecule has 0 bridgehead atoms.